The third-order valence-corrected chi connectivity index (χ3v) is 12.1. The molecule has 0 spiro atoms. The summed E-state index contributed by atoms with van der Waals surface area (Å²) in [5, 5.41) is 0. The van der Waals surface area contributed by atoms with E-state index in [0.717, 1.165) is 109 Å². The maximum absolute atomic E-state index is 12.9. The Labute approximate surface area is 449 Å². The van der Waals surface area contributed by atoms with Gasteiger partial charge < -0.3 is 14.2 Å². The first-order valence-corrected chi connectivity index (χ1v) is 29.7. The van der Waals surface area contributed by atoms with E-state index in [0.29, 0.717) is 19.3 Å². The molecule has 6 heteroatoms. The topological polar surface area (TPSA) is 78.9 Å². The van der Waals surface area contributed by atoms with Gasteiger partial charge >= 0.3 is 17.9 Å². The number of ether oxygens (including phenoxy) is 3. The molecule has 73 heavy (non-hydrogen) atoms. The van der Waals surface area contributed by atoms with Crippen LogP contribution in [0.15, 0.2) is 134 Å². The van der Waals surface area contributed by atoms with Gasteiger partial charge in [0.25, 0.3) is 0 Å². The fourth-order valence-electron chi connectivity index (χ4n) is 7.75. The van der Waals surface area contributed by atoms with Crippen LogP contribution in [-0.2, 0) is 28.6 Å². The second-order valence-corrected chi connectivity index (χ2v) is 19.1. The van der Waals surface area contributed by atoms with Crippen LogP contribution in [0.3, 0.4) is 0 Å². The van der Waals surface area contributed by atoms with Gasteiger partial charge in [0.15, 0.2) is 6.10 Å². The van der Waals surface area contributed by atoms with Crippen LogP contribution < -0.4 is 0 Å². The maximum atomic E-state index is 12.9. The third kappa shape index (κ3) is 58.3. The molecule has 412 valence electrons. The van der Waals surface area contributed by atoms with Gasteiger partial charge in [-0.15, -0.1) is 0 Å². The molecule has 1 unspecified atom stereocenters. The second kappa shape index (κ2) is 60.1. The van der Waals surface area contributed by atoms with Crippen LogP contribution in [0.4, 0.5) is 0 Å². The SMILES string of the molecule is CC/C=C\C/C=C\C/C=C\C/C=C\C/C=C\C/C=C\CCC(=O)OCC(COC(=O)CCCCCCCCC/C=C\C/C=C\C/C=C\CC)OC(=O)CCCCCCCCCCC/C=C\C/C=C\CCCCC. The highest BCUT2D eigenvalue weighted by Gasteiger charge is 2.19. The van der Waals surface area contributed by atoms with E-state index in [1.54, 1.807) is 0 Å². The summed E-state index contributed by atoms with van der Waals surface area (Å²) in [6.07, 6.45) is 84.5. The number of hydrogen-bond acceptors (Lipinski definition) is 6. The van der Waals surface area contributed by atoms with Gasteiger partial charge in [-0.3, -0.25) is 14.4 Å². The van der Waals surface area contributed by atoms with Gasteiger partial charge in [-0.2, -0.15) is 0 Å². The lowest BCUT2D eigenvalue weighted by Crippen LogP contribution is -2.30. The lowest BCUT2D eigenvalue weighted by Gasteiger charge is -2.18. The van der Waals surface area contributed by atoms with Crippen molar-refractivity contribution in [3.8, 4) is 0 Å². The number of hydrogen-bond donors (Lipinski definition) is 0. The standard InChI is InChI=1S/C67H108O6/c1-4-7-10-13-16-19-22-25-28-31-33-36-39-42-45-48-51-54-57-60-66(69)72-63-64(62-71-65(68)59-56-53-50-47-44-41-38-35-30-27-24-21-18-15-12-9-6-3)73-67(70)61-58-55-52-49-46-43-40-37-34-32-29-26-23-20-17-14-11-8-5-2/h7,9-10,12,16-21,25-30,33,36,42,45,51,54,64H,4-6,8,11,13-15,22-24,31-32,34-35,37-41,43-44,46-50,52-53,55-63H2,1-3H3/b10-7-,12-9-,19-16-,20-17-,21-18-,28-25-,29-26-,30-27-,36-33-,45-42-,54-51-. The van der Waals surface area contributed by atoms with Crippen molar-refractivity contribution in [3.63, 3.8) is 0 Å². The molecule has 0 bridgehead atoms. The minimum absolute atomic E-state index is 0.112. The first-order valence-electron chi connectivity index (χ1n) is 29.7. The molecule has 0 radical (unpaired) electrons. The van der Waals surface area contributed by atoms with E-state index in [9.17, 15) is 14.4 Å². The number of unbranched alkanes of at least 4 members (excludes halogenated alkanes) is 19. The Balaban J connectivity index is 4.53. The van der Waals surface area contributed by atoms with E-state index < -0.39 is 6.10 Å². The van der Waals surface area contributed by atoms with Gasteiger partial charge in [-0.1, -0.05) is 244 Å². The van der Waals surface area contributed by atoms with Crippen LogP contribution in [0.25, 0.3) is 0 Å². The fourth-order valence-corrected chi connectivity index (χ4v) is 7.75. The van der Waals surface area contributed by atoms with E-state index in [1.807, 2.05) is 6.08 Å². The molecule has 0 aromatic carbocycles. The van der Waals surface area contributed by atoms with E-state index in [2.05, 4.69) is 148 Å². The lowest BCUT2D eigenvalue weighted by molar-refractivity contribution is -0.166. The number of esters is 3. The van der Waals surface area contributed by atoms with Gasteiger partial charge in [0, 0.05) is 19.3 Å². The summed E-state index contributed by atoms with van der Waals surface area (Å²) >= 11 is 0. The summed E-state index contributed by atoms with van der Waals surface area (Å²) in [7, 11) is 0. The molecular weight excluding hydrogens is 901 g/mol. The molecule has 0 rings (SSSR count). The summed E-state index contributed by atoms with van der Waals surface area (Å²) in [5.74, 6) is -1.01. The smallest absolute Gasteiger partial charge is 0.306 e. The number of rotatable bonds is 52. The van der Waals surface area contributed by atoms with Crippen LogP contribution in [0, 0.1) is 0 Å². The van der Waals surface area contributed by atoms with Crippen LogP contribution in [-0.4, -0.2) is 37.2 Å². The van der Waals surface area contributed by atoms with Gasteiger partial charge in [-0.05, 0) is 122 Å². The van der Waals surface area contributed by atoms with Crippen molar-refractivity contribution < 1.29 is 28.6 Å². The zero-order chi connectivity index (χ0) is 52.9. The minimum atomic E-state index is -0.821. The van der Waals surface area contributed by atoms with Crippen LogP contribution in [0.1, 0.15) is 252 Å². The molecule has 0 aliphatic heterocycles. The molecule has 0 saturated heterocycles. The highest BCUT2D eigenvalue weighted by atomic mass is 16.6. The molecule has 0 fully saturated rings. The highest BCUT2D eigenvalue weighted by Crippen LogP contribution is 2.14. The van der Waals surface area contributed by atoms with Crippen LogP contribution in [0.5, 0.6) is 0 Å². The molecule has 0 N–H and O–H groups in total. The van der Waals surface area contributed by atoms with Crippen molar-refractivity contribution in [1.29, 1.82) is 0 Å². The monoisotopic (exact) mass is 1010 g/mol. The zero-order valence-electron chi connectivity index (χ0n) is 47.1. The van der Waals surface area contributed by atoms with Crippen molar-refractivity contribution in [2.45, 2.75) is 258 Å². The number of carbonyl (C=O) groups excluding carboxylic acids is 3. The number of allylic oxidation sites excluding steroid dienone is 22. The summed E-state index contributed by atoms with van der Waals surface area (Å²) in [5.41, 5.74) is 0. The van der Waals surface area contributed by atoms with E-state index in [4.69, 9.17) is 14.2 Å². The Bertz CT molecular complexity index is 1580. The van der Waals surface area contributed by atoms with Gasteiger partial charge in [-0.25, -0.2) is 0 Å². The molecule has 0 amide bonds. The van der Waals surface area contributed by atoms with Crippen LogP contribution in [0.2, 0.25) is 0 Å². The molecule has 0 saturated carbocycles. The average molecular weight is 1010 g/mol. The minimum Gasteiger partial charge on any atom is -0.462 e. The Hall–Kier alpha value is -4.45. The predicted octanol–water partition coefficient (Wildman–Crippen LogP) is 20.2. The first kappa shape index (κ1) is 68.6. The molecular formula is C67H108O6. The number of carbonyl (C=O) groups is 3. The summed E-state index contributed by atoms with van der Waals surface area (Å²) < 4.78 is 16.8. The molecule has 0 aliphatic carbocycles. The Morgan fingerprint density at radius 3 is 0.918 bits per heavy atom. The lowest BCUT2D eigenvalue weighted by atomic mass is 10.1. The van der Waals surface area contributed by atoms with Gasteiger partial charge in [0.1, 0.15) is 13.2 Å². The van der Waals surface area contributed by atoms with E-state index >= 15 is 0 Å². The largest absolute Gasteiger partial charge is 0.462 e. The highest BCUT2D eigenvalue weighted by molar-refractivity contribution is 5.71. The van der Waals surface area contributed by atoms with E-state index in [-0.39, 0.29) is 37.5 Å². The molecule has 1 atom stereocenters. The quantitative estimate of drug-likeness (QED) is 0.0261. The average Bonchev–Trinajstić information content (AvgIpc) is 3.39. The summed E-state index contributed by atoms with van der Waals surface area (Å²) in [4.78, 5) is 38.2. The zero-order valence-corrected chi connectivity index (χ0v) is 47.1. The van der Waals surface area contributed by atoms with Gasteiger partial charge in [0.05, 0.1) is 0 Å². The van der Waals surface area contributed by atoms with Crippen LogP contribution >= 0.6 is 0 Å². The van der Waals surface area contributed by atoms with Crippen molar-refractivity contribution in [3.05, 3.63) is 134 Å². The molecule has 6 nitrogen and oxygen atoms in total. The Morgan fingerprint density at radius 1 is 0.288 bits per heavy atom. The van der Waals surface area contributed by atoms with Crippen molar-refractivity contribution in [2.75, 3.05) is 13.2 Å². The second-order valence-electron chi connectivity index (χ2n) is 19.1. The summed E-state index contributed by atoms with van der Waals surface area (Å²) in [6.45, 7) is 6.32. The first-order chi connectivity index (χ1) is 36.0. The molecule has 0 heterocycles. The third-order valence-electron chi connectivity index (χ3n) is 12.1. The Morgan fingerprint density at radius 2 is 0.562 bits per heavy atom. The van der Waals surface area contributed by atoms with Crippen molar-refractivity contribution in [2.24, 2.45) is 0 Å². The summed E-state index contributed by atoms with van der Waals surface area (Å²) in [6, 6.07) is 0. The molecule has 0 aromatic heterocycles. The molecule has 0 aromatic rings. The van der Waals surface area contributed by atoms with Gasteiger partial charge in [0.2, 0.25) is 0 Å². The predicted molar refractivity (Wildman–Crippen MR) is 316 cm³/mol. The molecule has 0 aliphatic rings. The van der Waals surface area contributed by atoms with E-state index in [1.165, 1.54) is 96.3 Å². The van der Waals surface area contributed by atoms with Crippen molar-refractivity contribution >= 4 is 17.9 Å². The Kier molecular flexibility index (Phi) is 56.4. The fraction of sp³-hybridized carbons (Fsp3) is 0.627. The maximum Gasteiger partial charge on any atom is 0.306 e. The van der Waals surface area contributed by atoms with Crippen molar-refractivity contribution in [1.82, 2.24) is 0 Å². The normalized spacial score (nSPS) is 13.1.